The lowest BCUT2D eigenvalue weighted by Gasteiger charge is -2.20. The number of hydrogen-bond acceptors (Lipinski definition) is 4. The molecule has 2 rings (SSSR count). The quantitative estimate of drug-likeness (QED) is 0.766. The van der Waals surface area contributed by atoms with Crippen molar-refractivity contribution in [2.45, 2.75) is 19.8 Å². The van der Waals surface area contributed by atoms with Crippen LogP contribution < -0.4 is 16.0 Å². The van der Waals surface area contributed by atoms with Crippen molar-refractivity contribution < 1.29 is 4.79 Å². The Hall–Kier alpha value is -1.82. The van der Waals surface area contributed by atoms with Gasteiger partial charge in [-0.2, -0.15) is 0 Å². The standard InChI is InChI=1S/C18H24N4O.2ClH/c1-3-22(4-2)17-11-10-15(13-20-17)21-18(23)16(12-19)14-8-6-5-7-9-14;;/h5-11,13,16H,3-4,12,19H2,1-2H3,(H,21,23);2*1H. The highest BCUT2D eigenvalue weighted by atomic mass is 35.5. The monoisotopic (exact) mass is 384 g/mol. The lowest BCUT2D eigenvalue weighted by Crippen LogP contribution is -2.27. The van der Waals surface area contributed by atoms with Crippen molar-refractivity contribution >= 4 is 42.2 Å². The van der Waals surface area contributed by atoms with Crippen LogP contribution in [0.25, 0.3) is 0 Å². The smallest absolute Gasteiger partial charge is 0.233 e. The second kappa shape index (κ2) is 11.7. The molecule has 138 valence electrons. The number of carbonyl (C=O) groups excluding carboxylic acids is 1. The van der Waals surface area contributed by atoms with Gasteiger partial charge in [0.25, 0.3) is 0 Å². The zero-order chi connectivity index (χ0) is 16.7. The second-order valence-corrected chi connectivity index (χ2v) is 5.27. The van der Waals surface area contributed by atoms with Crippen molar-refractivity contribution in [2.75, 3.05) is 29.9 Å². The van der Waals surface area contributed by atoms with E-state index in [1.54, 1.807) is 6.20 Å². The number of carbonyl (C=O) groups is 1. The molecule has 5 nitrogen and oxygen atoms in total. The molecule has 1 heterocycles. The van der Waals surface area contributed by atoms with Crippen molar-refractivity contribution in [2.24, 2.45) is 5.73 Å². The topological polar surface area (TPSA) is 71.2 Å². The zero-order valence-electron chi connectivity index (χ0n) is 14.5. The van der Waals surface area contributed by atoms with Crippen molar-refractivity contribution in [1.82, 2.24) is 4.98 Å². The van der Waals surface area contributed by atoms with E-state index < -0.39 is 0 Å². The molecular formula is C18H26Cl2N4O. The predicted octanol–water partition coefficient (Wildman–Crippen LogP) is 3.45. The normalized spacial score (nSPS) is 10.8. The third kappa shape index (κ3) is 6.20. The Labute approximate surface area is 161 Å². The highest BCUT2D eigenvalue weighted by molar-refractivity contribution is 5.96. The van der Waals surface area contributed by atoms with Gasteiger partial charge in [0.05, 0.1) is 17.8 Å². The van der Waals surface area contributed by atoms with Crippen LogP contribution in [0.5, 0.6) is 0 Å². The minimum absolute atomic E-state index is 0. The maximum atomic E-state index is 12.4. The molecule has 7 heteroatoms. The SMILES string of the molecule is CCN(CC)c1ccc(NC(=O)C(CN)c2ccccc2)cn1.Cl.Cl. The molecular weight excluding hydrogens is 359 g/mol. The molecule has 0 aliphatic heterocycles. The van der Waals surface area contributed by atoms with Gasteiger partial charge in [-0.25, -0.2) is 4.98 Å². The van der Waals surface area contributed by atoms with Crippen LogP contribution in [0.3, 0.4) is 0 Å². The van der Waals surface area contributed by atoms with E-state index >= 15 is 0 Å². The molecule has 1 aromatic heterocycles. The number of halogens is 2. The summed E-state index contributed by atoms with van der Waals surface area (Å²) in [5.74, 6) is 0.432. The van der Waals surface area contributed by atoms with E-state index in [2.05, 4.69) is 29.0 Å². The maximum Gasteiger partial charge on any atom is 0.233 e. The summed E-state index contributed by atoms with van der Waals surface area (Å²) in [5, 5.41) is 2.89. The van der Waals surface area contributed by atoms with E-state index in [4.69, 9.17) is 5.73 Å². The van der Waals surface area contributed by atoms with E-state index in [1.807, 2.05) is 42.5 Å². The van der Waals surface area contributed by atoms with Crippen LogP contribution in [0.4, 0.5) is 11.5 Å². The highest BCUT2D eigenvalue weighted by Crippen LogP contribution is 2.18. The number of benzene rings is 1. The van der Waals surface area contributed by atoms with Gasteiger partial charge < -0.3 is 16.0 Å². The first kappa shape index (κ1) is 23.2. The van der Waals surface area contributed by atoms with Gasteiger partial charge in [-0.3, -0.25) is 4.79 Å². The van der Waals surface area contributed by atoms with Gasteiger partial charge in [0.1, 0.15) is 5.82 Å². The molecule has 3 N–H and O–H groups in total. The molecule has 0 radical (unpaired) electrons. The number of pyridine rings is 1. The van der Waals surface area contributed by atoms with Gasteiger partial charge in [0, 0.05) is 19.6 Å². The molecule has 25 heavy (non-hydrogen) atoms. The lowest BCUT2D eigenvalue weighted by atomic mass is 9.98. The number of rotatable bonds is 7. The van der Waals surface area contributed by atoms with E-state index in [-0.39, 0.29) is 43.2 Å². The van der Waals surface area contributed by atoms with Crippen molar-refractivity contribution in [3.8, 4) is 0 Å². The average Bonchev–Trinajstić information content (AvgIpc) is 2.59. The molecule has 1 amide bonds. The van der Waals surface area contributed by atoms with Gasteiger partial charge in [-0.05, 0) is 31.5 Å². The largest absolute Gasteiger partial charge is 0.357 e. The van der Waals surface area contributed by atoms with E-state index in [0.717, 1.165) is 24.5 Å². The summed E-state index contributed by atoms with van der Waals surface area (Å²) < 4.78 is 0. The Bertz CT molecular complexity index is 619. The summed E-state index contributed by atoms with van der Waals surface area (Å²) in [6, 6.07) is 13.4. The molecule has 0 spiro atoms. The molecule has 1 atom stereocenters. The van der Waals surface area contributed by atoms with Crippen molar-refractivity contribution in [3.05, 3.63) is 54.2 Å². The van der Waals surface area contributed by atoms with Gasteiger partial charge >= 0.3 is 0 Å². The van der Waals surface area contributed by atoms with Crippen LogP contribution in [0.2, 0.25) is 0 Å². The van der Waals surface area contributed by atoms with Gasteiger partial charge in [0.2, 0.25) is 5.91 Å². The van der Waals surface area contributed by atoms with E-state index in [9.17, 15) is 4.79 Å². The average molecular weight is 385 g/mol. The summed E-state index contributed by atoms with van der Waals surface area (Å²) in [4.78, 5) is 19.0. The van der Waals surface area contributed by atoms with Gasteiger partial charge in [0.15, 0.2) is 0 Å². The Balaban J connectivity index is 0.00000288. The fourth-order valence-electron chi connectivity index (χ4n) is 2.50. The second-order valence-electron chi connectivity index (χ2n) is 5.27. The number of nitrogens with one attached hydrogen (secondary N) is 1. The van der Waals surface area contributed by atoms with Crippen LogP contribution in [0.1, 0.15) is 25.3 Å². The van der Waals surface area contributed by atoms with Crippen LogP contribution in [-0.2, 0) is 4.79 Å². The summed E-state index contributed by atoms with van der Waals surface area (Å²) in [6.45, 7) is 6.25. The van der Waals surface area contributed by atoms with Crippen LogP contribution in [0, 0.1) is 0 Å². The van der Waals surface area contributed by atoms with Gasteiger partial charge in [-0.15, -0.1) is 24.8 Å². The van der Waals surface area contributed by atoms with Crippen molar-refractivity contribution in [1.29, 1.82) is 0 Å². The Kier molecular flexibility index (Phi) is 10.8. The lowest BCUT2D eigenvalue weighted by molar-refractivity contribution is -0.117. The fourth-order valence-corrected chi connectivity index (χ4v) is 2.50. The summed E-state index contributed by atoms with van der Waals surface area (Å²) in [6.07, 6.45) is 1.68. The fraction of sp³-hybridized carbons (Fsp3) is 0.333. The van der Waals surface area contributed by atoms with Crippen molar-refractivity contribution in [3.63, 3.8) is 0 Å². The third-order valence-corrected chi connectivity index (χ3v) is 3.86. The molecule has 1 unspecified atom stereocenters. The third-order valence-electron chi connectivity index (χ3n) is 3.86. The predicted molar refractivity (Wildman–Crippen MR) is 109 cm³/mol. The Morgan fingerprint density at radius 1 is 1.12 bits per heavy atom. The highest BCUT2D eigenvalue weighted by Gasteiger charge is 2.19. The van der Waals surface area contributed by atoms with Crippen LogP contribution in [0.15, 0.2) is 48.7 Å². The van der Waals surface area contributed by atoms with Gasteiger partial charge in [-0.1, -0.05) is 30.3 Å². The molecule has 0 aliphatic carbocycles. The zero-order valence-corrected chi connectivity index (χ0v) is 16.1. The first-order valence-electron chi connectivity index (χ1n) is 7.96. The minimum Gasteiger partial charge on any atom is -0.357 e. The Morgan fingerprint density at radius 3 is 2.24 bits per heavy atom. The molecule has 0 saturated heterocycles. The summed E-state index contributed by atoms with van der Waals surface area (Å²) in [7, 11) is 0. The number of aromatic nitrogens is 1. The number of nitrogens with two attached hydrogens (primary N) is 1. The number of hydrogen-bond donors (Lipinski definition) is 2. The van der Waals surface area contributed by atoms with Crippen LogP contribution in [-0.4, -0.2) is 30.5 Å². The molecule has 1 aromatic carbocycles. The molecule has 2 aromatic rings. The number of nitrogens with zero attached hydrogens (tertiary/aromatic N) is 2. The summed E-state index contributed by atoms with van der Waals surface area (Å²) in [5.41, 5.74) is 7.37. The minimum atomic E-state index is -0.362. The van der Waals surface area contributed by atoms with Crippen LogP contribution >= 0.6 is 24.8 Å². The molecule has 0 bridgehead atoms. The molecule has 0 aliphatic rings. The maximum absolute atomic E-state index is 12.4. The van der Waals surface area contributed by atoms with E-state index in [1.165, 1.54) is 0 Å². The first-order valence-corrected chi connectivity index (χ1v) is 7.96. The molecule has 0 saturated carbocycles. The Morgan fingerprint density at radius 2 is 1.76 bits per heavy atom. The summed E-state index contributed by atoms with van der Waals surface area (Å²) >= 11 is 0. The first-order chi connectivity index (χ1) is 11.2. The molecule has 0 fully saturated rings. The number of amides is 1. The number of anilines is 2. The van der Waals surface area contributed by atoms with E-state index in [0.29, 0.717) is 5.69 Å².